The van der Waals surface area contributed by atoms with Crippen molar-refractivity contribution in [2.45, 2.75) is 33.2 Å². The van der Waals surface area contributed by atoms with E-state index in [9.17, 15) is 0 Å². The molecule has 0 saturated carbocycles. The van der Waals surface area contributed by atoms with Crippen molar-refractivity contribution in [3.8, 4) is 0 Å². The highest BCUT2D eigenvalue weighted by atomic mass is 16.3. The van der Waals surface area contributed by atoms with Crippen molar-refractivity contribution >= 4 is 5.84 Å². The van der Waals surface area contributed by atoms with E-state index < -0.39 is 0 Å². The predicted molar refractivity (Wildman–Crippen MR) is 79.5 cm³/mol. The zero-order valence-electron chi connectivity index (χ0n) is 11.9. The zero-order valence-corrected chi connectivity index (χ0v) is 11.9. The molecule has 4 N–H and O–H groups in total. The number of nitrogens with one attached hydrogen (secondary N) is 1. The van der Waals surface area contributed by atoms with E-state index in [2.05, 4.69) is 11.8 Å². The van der Waals surface area contributed by atoms with Crippen LogP contribution in [-0.4, -0.2) is 35.5 Å². The lowest BCUT2D eigenvalue weighted by molar-refractivity contribution is 0.188. The van der Waals surface area contributed by atoms with Gasteiger partial charge in [0.2, 0.25) is 0 Å². The number of aliphatic hydroxyl groups is 1. The van der Waals surface area contributed by atoms with Crippen LogP contribution in [-0.2, 0) is 6.54 Å². The SMILES string of the molecule is CCCCN(CCO)Cc1ccc(C(=N)N)cc1C. The van der Waals surface area contributed by atoms with Crippen molar-refractivity contribution in [1.29, 1.82) is 5.41 Å². The lowest BCUT2D eigenvalue weighted by Crippen LogP contribution is -2.28. The fraction of sp³-hybridized carbons (Fsp3) is 0.533. The maximum absolute atomic E-state index is 9.11. The Kier molecular flexibility index (Phi) is 6.53. The van der Waals surface area contributed by atoms with Crippen LogP contribution in [0.1, 0.15) is 36.5 Å². The molecule has 106 valence electrons. The summed E-state index contributed by atoms with van der Waals surface area (Å²) in [5.41, 5.74) is 8.63. The minimum atomic E-state index is 0.104. The van der Waals surface area contributed by atoms with Gasteiger partial charge in [0.1, 0.15) is 5.84 Å². The van der Waals surface area contributed by atoms with E-state index in [0.29, 0.717) is 6.54 Å². The molecule has 0 amide bonds. The molecule has 0 aromatic heterocycles. The summed E-state index contributed by atoms with van der Waals surface area (Å²) in [6.45, 7) is 6.94. The maximum atomic E-state index is 9.11. The van der Waals surface area contributed by atoms with Crippen LogP contribution in [0.4, 0.5) is 0 Å². The Morgan fingerprint density at radius 2 is 2.11 bits per heavy atom. The van der Waals surface area contributed by atoms with Crippen LogP contribution in [0, 0.1) is 12.3 Å². The van der Waals surface area contributed by atoms with Gasteiger partial charge in [-0.1, -0.05) is 25.5 Å². The molecule has 0 aliphatic rings. The molecule has 19 heavy (non-hydrogen) atoms. The average Bonchev–Trinajstić information content (AvgIpc) is 2.38. The first-order valence-electron chi connectivity index (χ1n) is 6.85. The first kappa shape index (κ1) is 15.7. The molecule has 4 heteroatoms. The average molecular weight is 263 g/mol. The summed E-state index contributed by atoms with van der Waals surface area (Å²) in [5, 5.41) is 16.5. The molecular weight excluding hydrogens is 238 g/mol. The number of rotatable bonds is 8. The second-order valence-electron chi connectivity index (χ2n) is 4.91. The van der Waals surface area contributed by atoms with Crippen molar-refractivity contribution in [3.05, 3.63) is 34.9 Å². The molecule has 1 rings (SSSR count). The molecule has 4 nitrogen and oxygen atoms in total. The molecule has 0 aliphatic carbocycles. The van der Waals surface area contributed by atoms with Gasteiger partial charge in [-0.15, -0.1) is 0 Å². The number of benzene rings is 1. The molecule has 0 bridgehead atoms. The van der Waals surface area contributed by atoms with E-state index in [4.69, 9.17) is 16.2 Å². The molecule has 0 heterocycles. The molecule has 0 spiro atoms. The van der Waals surface area contributed by atoms with Gasteiger partial charge in [-0.2, -0.15) is 0 Å². The minimum Gasteiger partial charge on any atom is -0.395 e. The lowest BCUT2D eigenvalue weighted by Gasteiger charge is -2.22. The van der Waals surface area contributed by atoms with Crippen LogP contribution in [0.5, 0.6) is 0 Å². The van der Waals surface area contributed by atoms with Gasteiger partial charge in [0.15, 0.2) is 0 Å². The van der Waals surface area contributed by atoms with Crippen LogP contribution in [0.2, 0.25) is 0 Å². The molecule has 0 aliphatic heterocycles. The van der Waals surface area contributed by atoms with Crippen LogP contribution in [0.3, 0.4) is 0 Å². The summed E-state index contributed by atoms with van der Waals surface area (Å²) in [7, 11) is 0. The fourth-order valence-electron chi connectivity index (χ4n) is 2.07. The van der Waals surface area contributed by atoms with Gasteiger partial charge in [-0.3, -0.25) is 10.3 Å². The van der Waals surface area contributed by atoms with Gasteiger partial charge in [0.25, 0.3) is 0 Å². The van der Waals surface area contributed by atoms with Crippen LogP contribution in [0.25, 0.3) is 0 Å². The fourth-order valence-corrected chi connectivity index (χ4v) is 2.07. The summed E-state index contributed by atoms with van der Waals surface area (Å²) in [5.74, 6) is 0.104. The summed E-state index contributed by atoms with van der Waals surface area (Å²) >= 11 is 0. The monoisotopic (exact) mass is 263 g/mol. The van der Waals surface area contributed by atoms with Crippen LogP contribution >= 0.6 is 0 Å². The maximum Gasteiger partial charge on any atom is 0.122 e. The smallest absolute Gasteiger partial charge is 0.122 e. The third-order valence-electron chi connectivity index (χ3n) is 3.29. The summed E-state index contributed by atoms with van der Waals surface area (Å²) in [6, 6.07) is 5.87. The molecule has 0 atom stereocenters. The van der Waals surface area contributed by atoms with Gasteiger partial charge in [0.05, 0.1) is 6.61 Å². The Hall–Kier alpha value is -1.39. The highest BCUT2D eigenvalue weighted by Crippen LogP contribution is 2.14. The topological polar surface area (TPSA) is 73.3 Å². The Labute approximate surface area is 115 Å². The second-order valence-corrected chi connectivity index (χ2v) is 4.91. The Morgan fingerprint density at radius 3 is 2.63 bits per heavy atom. The number of nitrogen functional groups attached to an aromatic ring is 1. The first-order chi connectivity index (χ1) is 9.08. The Morgan fingerprint density at radius 1 is 1.37 bits per heavy atom. The number of aryl methyl sites for hydroxylation is 1. The number of hydrogen-bond donors (Lipinski definition) is 3. The molecule has 1 aromatic rings. The predicted octanol–water partition coefficient (Wildman–Crippen LogP) is 1.87. The normalized spacial score (nSPS) is 10.9. The van der Waals surface area contributed by atoms with Gasteiger partial charge in [-0.25, -0.2) is 0 Å². The third kappa shape index (κ3) is 5.01. The second kappa shape index (κ2) is 7.92. The van der Waals surface area contributed by atoms with Gasteiger partial charge < -0.3 is 10.8 Å². The van der Waals surface area contributed by atoms with Crippen LogP contribution in [0.15, 0.2) is 18.2 Å². The molecular formula is C15H25N3O. The van der Waals surface area contributed by atoms with Crippen molar-refractivity contribution in [2.24, 2.45) is 5.73 Å². The summed E-state index contributed by atoms with van der Waals surface area (Å²) in [4.78, 5) is 2.26. The van der Waals surface area contributed by atoms with E-state index in [1.54, 1.807) is 0 Å². The largest absolute Gasteiger partial charge is 0.395 e. The van der Waals surface area contributed by atoms with Crippen molar-refractivity contribution in [3.63, 3.8) is 0 Å². The van der Waals surface area contributed by atoms with Gasteiger partial charge >= 0.3 is 0 Å². The number of nitrogens with two attached hydrogens (primary N) is 1. The number of amidine groups is 1. The van der Waals surface area contributed by atoms with E-state index in [-0.39, 0.29) is 12.4 Å². The van der Waals surface area contributed by atoms with E-state index >= 15 is 0 Å². The van der Waals surface area contributed by atoms with E-state index in [1.165, 1.54) is 5.56 Å². The molecule has 0 unspecified atom stereocenters. The Balaban J connectivity index is 2.75. The first-order valence-corrected chi connectivity index (χ1v) is 6.85. The minimum absolute atomic E-state index is 0.104. The lowest BCUT2D eigenvalue weighted by atomic mass is 10.0. The van der Waals surface area contributed by atoms with Gasteiger partial charge in [0, 0.05) is 18.7 Å². The number of unbranched alkanes of at least 4 members (excludes halogenated alkanes) is 1. The number of aliphatic hydroxyl groups excluding tert-OH is 1. The van der Waals surface area contributed by atoms with Crippen molar-refractivity contribution in [1.82, 2.24) is 4.90 Å². The molecule has 0 radical (unpaired) electrons. The van der Waals surface area contributed by atoms with Gasteiger partial charge in [-0.05, 0) is 37.1 Å². The number of hydrogen-bond acceptors (Lipinski definition) is 3. The van der Waals surface area contributed by atoms with Crippen molar-refractivity contribution in [2.75, 3.05) is 19.7 Å². The third-order valence-corrected chi connectivity index (χ3v) is 3.29. The molecule has 1 aromatic carbocycles. The summed E-state index contributed by atoms with van der Waals surface area (Å²) < 4.78 is 0. The number of nitrogens with zero attached hydrogens (tertiary/aromatic N) is 1. The van der Waals surface area contributed by atoms with Crippen LogP contribution < -0.4 is 5.73 Å². The van der Waals surface area contributed by atoms with E-state index in [1.807, 2.05) is 25.1 Å². The standard InChI is InChI=1S/C15H25N3O/c1-3-4-7-18(8-9-19)11-14-6-5-13(15(16)17)10-12(14)2/h5-6,10,19H,3-4,7-9,11H2,1-2H3,(H3,16,17). The molecule has 0 saturated heterocycles. The quantitative estimate of drug-likeness (QED) is 0.495. The zero-order chi connectivity index (χ0) is 14.3. The summed E-state index contributed by atoms with van der Waals surface area (Å²) in [6.07, 6.45) is 2.30. The van der Waals surface area contributed by atoms with E-state index in [0.717, 1.165) is 37.1 Å². The highest BCUT2D eigenvalue weighted by molar-refractivity contribution is 5.95. The molecule has 0 fully saturated rings. The Bertz CT molecular complexity index is 418. The highest BCUT2D eigenvalue weighted by Gasteiger charge is 2.08. The van der Waals surface area contributed by atoms with Crippen molar-refractivity contribution < 1.29 is 5.11 Å².